The van der Waals surface area contributed by atoms with E-state index in [1.807, 2.05) is 25.4 Å². The molecule has 228 valence electrons. The number of hydrogen-bond donors (Lipinski definition) is 2. The Hall–Kier alpha value is -4.71. The lowest BCUT2D eigenvalue weighted by Crippen LogP contribution is -2.16. The van der Waals surface area contributed by atoms with Gasteiger partial charge in [-0.25, -0.2) is 4.98 Å². The molecule has 5 heteroatoms. The molecule has 2 heterocycles. The third-order valence-electron chi connectivity index (χ3n) is 7.52. The second-order valence-electron chi connectivity index (χ2n) is 11.1. The first-order chi connectivity index (χ1) is 21.8. The van der Waals surface area contributed by atoms with Crippen LogP contribution in [0, 0.1) is 30.6 Å². The first-order valence-corrected chi connectivity index (χ1v) is 16.5. The molecule has 0 aliphatic carbocycles. The molecule has 0 spiro atoms. The van der Waals surface area contributed by atoms with Crippen molar-refractivity contribution in [3.63, 3.8) is 0 Å². The molecule has 0 fully saturated rings. The Bertz CT molecular complexity index is 1750. The number of aliphatic imine (C=N–C) groups is 1. The molecular weight excluding hydrogens is 569 g/mol. The van der Waals surface area contributed by atoms with Crippen LogP contribution in [0.1, 0.15) is 65.8 Å². The Morgan fingerprint density at radius 1 is 1.07 bits per heavy atom. The number of benzene rings is 2. The molecule has 0 radical (unpaired) electrons. The summed E-state index contributed by atoms with van der Waals surface area (Å²) < 4.78 is 0. The van der Waals surface area contributed by atoms with Gasteiger partial charge < -0.3 is 10.6 Å². The average Bonchev–Trinajstić information content (AvgIpc) is 3.43. The summed E-state index contributed by atoms with van der Waals surface area (Å²) in [6, 6.07) is 18.8. The summed E-state index contributed by atoms with van der Waals surface area (Å²) in [5.74, 6) is 13.3. The van der Waals surface area contributed by atoms with Crippen molar-refractivity contribution in [1.82, 2.24) is 15.6 Å². The van der Waals surface area contributed by atoms with Gasteiger partial charge in [-0.05, 0) is 80.2 Å². The second-order valence-corrected chi connectivity index (χ2v) is 11.9. The van der Waals surface area contributed by atoms with Crippen molar-refractivity contribution in [2.45, 2.75) is 46.6 Å². The molecule has 2 aromatic carbocycles. The van der Waals surface area contributed by atoms with Crippen molar-refractivity contribution in [1.29, 1.82) is 0 Å². The van der Waals surface area contributed by atoms with Crippen LogP contribution in [-0.4, -0.2) is 30.0 Å². The van der Waals surface area contributed by atoms with Gasteiger partial charge in [0.25, 0.3) is 0 Å². The van der Waals surface area contributed by atoms with Gasteiger partial charge in [-0.1, -0.05) is 85.5 Å². The number of hydrogen-bond acceptors (Lipinski definition) is 5. The van der Waals surface area contributed by atoms with E-state index in [2.05, 4.69) is 121 Å². The van der Waals surface area contributed by atoms with E-state index in [0.717, 1.165) is 82.3 Å². The highest BCUT2D eigenvalue weighted by molar-refractivity contribution is 8.02. The van der Waals surface area contributed by atoms with Crippen molar-refractivity contribution >= 4 is 23.2 Å². The summed E-state index contributed by atoms with van der Waals surface area (Å²) in [5.41, 5.74) is 12.4. The fraction of sp³-hybridized carbons (Fsp3) is 0.250. The molecule has 3 aromatic rings. The van der Waals surface area contributed by atoms with E-state index >= 15 is 0 Å². The molecule has 4 rings (SSSR count). The van der Waals surface area contributed by atoms with Crippen LogP contribution in [-0.2, 0) is 13.0 Å². The summed E-state index contributed by atoms with van der Waals surface area (Å²) in [6.07, 6.45) is 6.71. The SMILES string of the molecule is C=C(C)NCCN=C(C(=C)/C(C)=C(/C#Cc1ccc(CCCC#Cc2cccc3c2CNC3=C)cn1)SC)c1ccc(C)cc1. The quantitative estimate of drug-likeness (QED) is 0.100. The van der Waals surface area contributed by atoms with Crippen LogP contribution in [0.3, 0.4) is 0 Å². The topological polar surface area (TPSA) is 49.3 Å². The number of thioether (sulfide) groups is 1. The van der Waals surface area contributed by atoms with Gasteiger partial charge in [0.1, 0.15) is 5.69 Å². The lowest BCUT2D eigenvalue weighted by molar-refractivity contribution is 0.802. The van der Waals surface area contributed by atoms with Crippen LogP contribution in [0.25, 0.3) is 5.70 Å². The molecule has 45 heavy (non-hydrogen) atoms. The molecule has 0 bridgehead atoms. The third-order valence-corrected chi connectivity index (χ3v) is 8.33. The number of pyridine rings is 1. The van der Waals surface area contributed by atoms with Gasteiger partial charge in [0.05, 0.1) is 17.2 Å². The molecule has 4 nitrogen and oxygen atoms in total. The zero-order valence-corrected chi connectivity index (χ0v) is 27.8. The van der Waals surface area contributed by atoms with E-state index in [1.165, 1.54) is 22.3 Å². The molecule has 0 saturated heterocycles. The van der Waals surface area contributed by atoms with Gasteiger partial charge in [-0.15, -0.1) is 11.8 Å². The fourth-order valence-electron chi connectivity index (χ4n) is 4.90. The van der Waals surface area contributed by atoms with Gasteiger partial charge >= 0.3 is 0 Å². The molecular formula is C40H42N4S. The van der Waals surface area contributed by atoms with Gasteiger partial charge in [0.15, 0.2) is 0 Å². The van der Waals surface area contributed by atoms with Crippen molar-refractivity contribution in [3.8, 4) is 23.7 Å². The first kappa shape index (κ1) is 33.2. The van der Waals surface area contributed by atoms with Crippen LogP contribution in [0.4, 0.5) is 0 Å². The van der Waals surface area contributed by atoms with Crippen molar-refractivity contribution in [2.75, 3.05) is 19.3 Å². The number of nitrogens with one attached hydrogen (secondary N) is 2. The monoisotopic (exact) mass is 610 g/mol. The normalized spacial score (nSPS) is 12.5. The Morgan fingerprint density at radius 2 is 1.87 bits per heavy atom. The summed E-state index contributed by atoms with van der Waals surface area (Å²) in [4.78, 5) is 10.5. The Morgan fingerprint density at radius 3 is 2.58 bits per heavy atom. The minimum Gasteiger partial charge on any atom is -0.387 e. The maximum absolute atomic E-state index is 4.92. The molecule has 1 aliphatic heterocycles. The van der Waals surface area contributed by atoms with E-state index in [4.69, 9.17) is 4.99 Å². The van der Waals surface area contributed by atoms with E-state index in [0.29, 0.717) is 6.54 Å². The average molecular weight is 611 g/mol. The second kappa shape index (κ2) is 16.4. The number of rotatable bonds is 11. The minimum atomic E-state index is 0.620. The lowest BCUT2D eigenvalue weighted by atomic mass is 9.97. The molecule has 2 N–H and O–H groups in total. The molecule has 0 saturated carbocycles. The lowest BCUT2D eigenvalue weighted by Gasteiger charge is -2.14. The number of fused-ring (bicyclic) bond motifs is 1. The van der Waals surface area contributed by atoms with E-state index in [-0.39, 0.29) is 0 Å². The van der Waals surface area contributed by atoms with Crippen LogP contribution in [0.5, 0.6) is 0 Å². The highest BCUT2D eigenvalue weighted by Gasteiger charge is 2.16. The van der Waals surface area contributed by atoms with Gasteiger partial charge in [0.2, 0.25) is 0 Å². The predicted molar refractivity (Wildman–Crippen MR) is 194 cm³/mol. The molecule has 0 atom stereocenters. The van der Waals surface area contributed by atoms with Crippen LogP contribution >= 0.6 is 11.8 Å². The van der Waals surface area contributed by atoms with Gasteiger partial charge in [-0.2, -0.15) is 0 Å². The zero-order chi connectivity index (χ0) is 32.2. The molecule has 1 aliphatic rings. The Balaban J connectivity index is 1.39. The zero-order valence-electron chi connectivity index (χ0n) is 26.9. The Kier molecular flexibility index (Phi) is 12.1. The fourth-order valence-corrected chi connectivity index (χ4v) is 5.48. The highest BCUT2D eigenvalue weighted by atomic mass is 32.2. The standard InChI is InChI=1S/C40H42N4S/c1-28(2)41-24-25-42-40(35-19-16-29(3)17-20-35)31(5)30(4)39(45-7)23-22-36-21-18-33(26-44-36)12-9-8-10-13-34-14-11-15-37-32(6)43-27-38(34)37/h11,14-21,26,41,43H,1,5-6,8-9,12,24-25,27H2,2-4,7H3/b39-30-,42-40?. The van der Waals surface area contributed by atoms with Crippen LogP contribution in [0.2, 0.25) is 0 Å². The smallest absolute Gasteiger partial charge is 0.113 e. The summed E-state index contributed by atoms with van der Waals surface area (Å²) >= 11 is 1.61. The van der Waals surface area contributed by atoms with Gasteiger partial charge in [-0.3, -0.25) is 4.99 Å². The summed E-state index contributed by atoms with van der Waals surface area (Å²) in [6.45, 7) is 20.7. The number of aromatic nitrogens is 1. The van der Waals surface area contributed by atoms with Crippen molar-refractivity contribution in [3.05, 3.63) is 141 Å². The van der Waals surface area contributed by atoms with E-state index in [9.17, 15) is 0 Å². The maximum Gasteiger partial charge on any atom is 0.113 e. The van der Waals surface area contributed by atoms with Gasteiger partial charge in [0, 0.05) is 53.8 Å². The van der Waals surface area contributed by atoms with Crippen molar-refractivity contribution in [2.24, 2.45) is 4.99 Å². The van der Waals surface area contributed by atoms with Crippen LogP contribution < -0.4 is 10.6 Å². The number of aryl methyl sites for hydroxylation is 2. The molecule has 0 unspecified atom stereocenters. The minimum absolute atomic E-state index is 0.620. The number of unbranched alkanes of at least 4 members (excludes halogenated alkanes) is 1. The largest absolute Gasteiger partial charge is 0.387 e. The maximum atomic E-state index is 4.92. The number of nitrogens with zero attached hydrogens (tertiary/aromatic N) is 2. The predicted octanol–water partition coefficient (Wildman–Crippen LogP) is 8.00. The molecule has 0 amide bonds. The third kappa shape index (κ3) is 9.39. The van der Waals surface area contributed by atoms with Crippen molar-refractivity contribution < 1.29 is 0 Å². The summed E-state index contributed by atoms with van der Waals surface area (Å²) in [7, 11) is 0. The first-order valence-electron chi connectivity index (χ1n) is 15.2. The summed E-state index contributed by atoms with van der Waals surface area (Å²) in [5, 5.41) is 6.56. The highest BCUT2D eigenvalue weighted by Crippen LogP contribution is 2.26. The van der Waals surface area contributed by atoms with Crippen LogP contribution in [0.15, 0.2) is 107 Å². The number of allylic oxidation sites excluding steroid dienone is 4. The molecule has 1 aromatic heterocycles. The van der Waals surface area contributed by atoms with E-state index in [1.54, 1.807) is 11.8 Å². The Labute approximate surface area is 274 Å². The van der Waals surface area contributed by atoms with E-state index < -0.39 is 0 Å².